The minimum Gasteiger partial charge on any atom is -0.497 e. The summed E-state index contributed by atoms with van der Waals surface area (Å²) in [5, 5.41) is 0.682. The summed E-state index contributed by atoms with van der Waals surface area (Å²) in [7, 11) is 1.63. The van der Waals surface area contributed by atoms with Crippen molar-refractivity contribution in [2.75, 3.05) is 7.11 Å². The lowest BCUT2D eigenvalue weighted by Gasteiger charge is -2.15. The molecule has 0 bridgehead atoms. The molecule has 0 unspecified atom stereocenters. The van der Waals surface area contributed by atoms with Crippen molar-refractivity contribution in [1.82, 2.24) is 4.90 Å². The second-order valence-corrected chi connectivity index (χ2v) is 8.00. The van der Waals surface area contributed by atoms with Crippen LogP contribution in [0.2, 0.25) is 0 Å². The number of carbonyl (C=O) groups is 1. The first-order chi connectivity index (χ1) is 14.6. The number of carbonyl (C=O) groups excluding carboxylic acids is 1. The summed E-state index contributed by atoms with van der Waals surface area (Å²) in [6.45, 7) is 2.52. The third-order valence-electron chi connectivity index (χ3n) is 4.72. The molecule has 1 amide bonds. The standard InChI is InChI=1S/C25H22N2O2S/c1-18-11-13-21(14-12-18)26-25-27(17-19-7-4-3-5-8-19)24(28)23(30-25)16-20-9-6-10-22(15-20)29-2/h3-16H,17H2,1-2H3/b23-16+,26-25?. The van der Waals surface area contributed by atoms with Gasteiger partial charge in [-0.15, -0.1) is 0 Å². The summed E-state index contributed by atoms with van der Waals surface area (Å²) < 4.78 is 5.30. The van der Waals surface area contributed by atoms with Gasteiger partial charge < -0.3 is 4.74 Å². The van der Waals surface area contributed by atoms with Crippen LogP contribution in [-0.4, -0.2) is 23.1 Å². The first-order valence-electron chi connectivity index (χ1n) is 9.67. The molecule has 0 radical (unpaired) electrons. The summed E-state index contributed by atoms with van der Waals surface area (Å²) in [6.07, 6.45) is 1.89. The molecular weight excluding hydrogens is 392 g/mol. The molecule has 1 fully saturated rings. The molecule has 0 atom stereocenters. The van der Waals surface area contributed by atoms with Crippen LogP contribution < -0.4 is 4.74 Å². The molecule has 1 aliphatic heterocycles. The molecule has 4 nitrogen and oxygen atoms in total. The number of hydrogen-bond acceptors (Lipinski definition) is 4. The van der Waals surface area contributed by atoms with E-state index in [0.717, 1.165) is 22.6 Å². The number of benzene rings is 3. The molecule has 0 N–H and O–H groups in total. The van der Waals surface area contributed by atoms with Crippen LogP contribution in [0.5, 0.6) is 5.75 Å². The van der Waals surface area contributed by atoms with Crippen LogP contribution in [0.3, 0.4) is 0 Å². The number of ether oxygens (including phenoxy) is 1. The van der Waals surface area contributed by atoms with Gasteiger partial charge in [0.2, 0.25) is 0 Å². The van der Waals surface area contributed by atoms with Crippen molar-refractivity contribution < 1.29 is 9.53 Å². The molecule has 1 aliphatic rings. The lowest BCUT2D eigenvalue weighted by atomic mass is 10.2. The molecule has 0 aliphatic carbocycles. The van der Waals surface area contributed by atoms with Crippen molar-refractivity contribution in [2.45, 2.75) is 13.5 Å². The van der Waals surface area contributed by atoms with E-state index in [1.807, 2.05) is 91.9 Å². The van der Waals surface area contributed by atoms with Gasteiger partial charge in [-0.05, 0) is 60.2 Å². The fraction of sp³-hybridized carbons (Fsp3) is 0.120. The number of methoxy groups -OCH3 is 1. The highest BCUT2D eigenvalue weighted by molar-refractivity contribution is 8.18. The molecule has 4 rings (SSSR count). The van der Waals surface area contributed by atoms with Crippen molar-refractivity contribution in [1.29, 1.82) is 0 Å². The Balaban J connectivity index is 1.69. The number of rotatable bonds is 5. The highest BCUT2D eigenvalue weighted by atomic mass is 32.2. The number of amides is 1. The number of aryl methyl sites for hydroxylation is 1. The van der Waals surface area contributed by atoms with Gasteiger partial charge in [-0.2, -0.15) is 0 Å². The number of amidine groups is 1. The maximum atomic E-state index is 13.2. The smallest absolute Gasteiger partial charge is 0.267 e. The fourth-order valence-corrected chi connectivity index (χ4v) is 4.11. The Kier molecular flexibility index (Phi) is 6.00. The third kappa shape index (κ3) is 4.63. The highest BCUT2D eigenvalue weighted by Gasteiger charge is 2.33. The van der Waals surface area contributed by atoms with Crippen LogP contribution in [0, 0.1) is 6.92 Å². The number of nitrogens with zero attached hydrogens (tertiary/aromatic N) is 2. The average molecular weight is 415 g/mol. The van der Waals surface area contributed by atoms with E-state index in [-0.39, 0.29) is 5.91 Å². The average Bonchev–Trinajstić information content (AvgIpc) is 3.05. The molecule has 3 aromatic carbocycles. The molecular formula is C25H22N2O2S. The summed E-state index contributed by atoms with van der Waals surface area (Å²) in [4.78, 5) is 20.4. The van der Waals surface area contributed by atoms with E-state index in [0.29, 0.717) is 16.6 Å². The topological polar surface area (TPSA) is 41.9 Å². The maximum absolute atomic E-state index is 13.2. The van der Waals surface area contributed by atoms with Gasteiger partial charge in [0.15, 0.2) is 5.17 Å². The van der Waals surface area contributed by atoms with Gasteiger partial charge in [-0.25, -0.2) is 4.99 Å². The van der Waals surface area contributed by atoms with E-state index in [2.05, 4.69) is 0 Å². The number of aliphatic imine (C=N–C) groups is 1. The summed E-state index contributed by atoms with van der Waals surface area (Å²) in [6, 6.07) is 25.6. The molecule has 3 aromatic rings. The predicted molar refractivity (Wildman–Crippen MR) is 124 cm³/mol. The number of thioether (sulfide) groups is 1. The quantitative estimate of drug-likeness (QED) is 0.495. The molecule has 30 heavy (non-hydrogen) atoms. The normalized spacial score (nSPS) is 16.5. The molecule has 5 heteroatoms. The predicted octanol–water partition coefficient (Wildman–Crippen LogP) is 5.81. The Bertz CT molecular complexity index is 1110. The second kappa shape index (κ2) is 9.01. The van der Waals surface area contributed by atoms with E-state index in [1.165, 1.54) is 17.3 Å². The zero-order valence-electron chi connectivity index (χ0n) is 16.9. The highest BCUT2D eigenvalue weighted by Crippen LogP contribution is 2.35. The van der Waals surface area contributed by atoms with Crippen LogP contribution in [0.25, 0.3) is 6.08 Å². The van der Waals surface area contributed by atoms with Crippen molar-refractivity contribution in [3.05, 3.63) is 100 Å². The lowest BCUT2D eigenvalue weighted by Crippen LogP contribution is -2.28. The molecule has 0 aromatic heterocycles. The van der Waals surface area contributed by atoms with Gasteiger partial charge in [-0.1, -0.05) is 60.2 Å². The second-order valence-electron chi connectivity index (χ2n) is 6.99. The van der Waals surface area contributed by atoms with E-state index in [4.69, 9.17) is 9.73 Å². The monoisotopic (exact) mass is 414 g/mol. The third-order valence-corrected chi connectivity index (χ3v) is 5.73. The largest absolute Gasteiger partial charge is 0.497 e. The van der Waals surface area contributed by atoms with E-state index < -0.39 is 0 Å². The van der Waals surface area contributed by atoms with Crippen molar-refractivity contribution >= 4 is 34.6 Å². The van der Waals surface area contributed by atoms with Crippen LogP contribution in [0.4, 0.5) is 5.69 Å². The molecule has 0 spiro atoms. The van der Waals surface area contributed by atoms with Crippen molar-refractivity contribution in [3.63, 3.8) is 0 Å². The van der Waals surface area contributed by atoms with Gasteiger partial charge in [-0.3, -0.25) is 9.69 Å². The number of hydrogen-bond donors (Lipinski definition) is 0. The van der Waals surface area contributed by atoms with Crippen molar-refractivity contribution in [3.8, 4) is 5.75 Å². The van der Waals surface area contributed by atoms with E-state index >= 15 is 0 Å². The van der Waals surface area contributed by atoms with Crippen LogP contribution in [0.1, 0.15) is 16.7 Å². The van der Waals surface area contributed by atoms with Gasteiger partial charge in [0.25, 0.3) is 5.91 Å². The van der Waals surface area contributed by atoms with Gasteiger partial charge in [0, 0.05) is 0 Å². The van der Waals surface area contributed by atoms with Crippen LogP contribution in [0.15, 0.2) is 88.8 Å². The van der Waals surface area contributed by atoms with E-state index in [1.54, 1.807) is 12.0 Å². The summed E-state index contributed by atoms with van der Waals surface area (Å²) >= 11 is 1.40. The lowest BCUT2D eigenvalue weighted by molar-refractivity contribution is -0.122. The van der Waals surface area contributed by atoms with Crippen LogP contribution in [-0.2, 0) is 11.3 Å². The maximum Gasteiger partial charge on any atom is 0.267 e. The van der Waals surface area contributed by atoms with Gasteiger partial charge in [0.1, 0.15) is 5.75 Å². The fourth-order valence-electron chi connectivity index (χ4n) is 3.11. The Morgan fingerprint density at radius 2 is 1.77 bits per heavy atom. The van der Waals surface area contributed by atoms with E-state index in [9.17, 15) is 4.79 Å². The summed E-state index contributed by atoms with van der Waals surface area (Å²) in [5.74, 6) is 0.715. The Hall–Kier alpha value is -3.31. The first-order valence-corrected chi connectivity index (χ1v) is 10.5. The molecule has 1 heterocycles. The minimum absolute atomic E-state index is 0.0439. The van der Waals surface area contributed by atoms with Gasteiger partial charge in [0.05, 0.1) is 24.2 Å². The Labute approximate surface area is 180 Å². The van der Waals surface area contributed by atoms with Crippen LogP contribution >= 0.6 is 11.8 Å². The Morgan fingerprint density at radius 1 is 1.00 bits per heavy atom. The van der Waals surface area contributed by atoms with Crippen molar-refractivity contribution in [2.24, 2.45) is 4.99 Å². The minimum atomic E-state index is -0.0439. The summed E-state index contributed by atoms with van der Waals surface area (Å²) in [5.41, 5.74) is 3.98. The SMILES string of the molecule is COc1cccc(/C=C2/SC(=Nc3ccc(C)cc3)N(Cc3ccccc3)C2=O)c1. The van der Waals surface area contributed by atoms with Gasteiger partial charge >= 0.3 is 0 Å². The first kappa shape index (κ1) is 20.0. The zero-order chi connectivity index (χ0) is 20.9. The molecule has 0 saturated carbocycles. The molecule has 150 valence electrons. The Morgan fingerprint density at radius 3 is 2.50 bits per heavy atom. The zero-order valence-corrected chi connectivity index (χ0v) is 17.7. The molecule has 1 saturated heterocycles.